The molecule has 0 saturated heterocycles. The maximum absolute atomic E-state index is 13.7. The highest BCUT2D eigenvalue weighted by Gasteiger charge is 2.13. The topological polar surface area (TPSA) is 75.3 Å². The average molecular weight is 372 g/mol. The first-order valence-electron chi connectivity index (χ1n) is 5.32. The molecule has 0 saturated carbocycles. The van der Waals surface area contributed by atoms with Crippen LogP contribution in [-0.4, -0.2) is 11.1 Å². The molecule has 0 aliphatic heterocycles. The maximum Gasteiger partial charge on any atom is 0.337 e. The number of nitrogens with two attached hydrogens (primary N) is 1. The molecule has 0 radical (unpaired) electrons. The highest BCUT2D eigenvalue weighted by atomic mass is 127. The van der Waals surface area contributed by atoms with E-state index >= 15 is 0 Å². The number of benzene rings is 2. The summed E-state index contributed by atoms with van der Waals surface area (Å²) in [5.41, 5.74) is 5.98. The summed E-state index contributed by atoms with van der Waals surface area (Å²) < 4.78 is 14.7. The van der Waals surface area contributed by atoms with Gasteiger partial charge in [-0.15, -0.1) is 0 Å². The molecule has 0 amide bonds. The van der Waals surface area contributed by atoms with Gasteiger partial charge in [0, 0.05) is 14.9 Å². The molecule has 4 nitrogen and oxygen atoms in total. The quantitative estimate of drug-likeness (QED) is 0.570. The number of hydrogen-bond donors (Lipinski definition) is 3. The molecule has 2 aromatic carbocycles. The Bertz CT molecular complexity index is 647. The van der Waals surface area contributed by atoms with Gasteiger partial charge in [-0.05, 0) is 52.9 Å². The molecular formula is C13H10FIN2O2. The van der Waals surface area contributed by atoms with E-state index in [1.807, 2.05) is 18.2 Å². The third-order valence-corrected chi connectivity index (χ3v) is 3.14. The maximum atomic E-state index is 13.7. The fraction of sp³-hybridized carbons (Fsp3) is 0. The molecule has 19 heavy (non-hydrogen) atoms. The number of aromatic carboxylic acids is 1. The van der Waals surface area contributed by atoms with Gasteiger partial charge >= 0.3 is 5.97 Å². The number of rotatable bonds is 3. The van der Waals surface area contributed by atoms with E-state index in [4.69, 9.17) is 10.8 Å². The standard InChI is InChI=1S/C13H10FIN2O2/c14-10-6-11(16)9(13(18)19)5-12(10)17-8-3-1-2-7(15)4-8/h1-6,17H,16H2,(H,18,19). The second-order valence-corrected chi connectivity index (χ2v) is 5.11. The van der Waals surface area contributed by atoms with Gasteiger partial charge in [0.1, 0.15) is 5.82 Å². The van der Waals surface area contributed by atoms with Gasteiger partial charge in [0.15, 0.2) is 0 Å². The Kier molecular flexibility index (Phi) is 3.89. The smallest absolute Gasteiger partial charge is 0.337 e. The van der Waals surface area contributed by atoms with Crippen molar-refractivity contribution < 1.29 is 14.3 Å². The first-order chi connectivity index (χ1) is 8.97. The summed E-state index contributed by atoms with van der Waals surface area (Å²) in [7, 11) is 0. The van der Waals surface area contributed by atoms with E-state index in [2.05, 4.69) is 27.9 Å². The van der Waals surface area contributed by atoms with Gasteiger partial charge in [0.25, 0.3) is 0 Å². The summed E-state index contributed by atoms with van der Waals surface area (Å²) in [6, 6.07) is 9.48. The Hall–Kier alpha value is -1.83. The summed E-state index contributed by atoms with van der Waals surface area (Å²) in [5, 5.41) is 11.8. The van der Waals surface area contributed by atoms with Crippen LogP contribution in [0, 0.1) is 9.39 Å². The van der Waals surface area contributed by atoms with Crippen LogP contribution in [0.15, 0.2) is 36.4 Å². The third kappa shape index (κ3) is 3.14. The van der Waals surface area contributed by atoms with Crippen molar-refractivity contribution >= 4 is 45.6 Å². The average Bonchev–Trinajstić information content (AvgIpc) is 2.32. The van der Waals surface area contributed by atoms with Crippen molar-refractivity contribution in [2.24, 2.45) is 0 Å². The van der Waals surface area contributed by atoms with E-state index in [9.17, 15) is 9.18 Å². The molecule has 4 N–H and O–H groups in total. The van der Waals surface area contributed by atoms with Crippen LogP contribution in [0.3, 0.4) is 0 Å². The molecule has 0 spiro atoms. The Balaban J connectivity index is 2.40. The van der Waals surface area contributed by atoms with Crippen LogP contribution >= 0.6 is 22.6 Å². The van der Waals surface area contributed by atoms with Gasteiger partial charge in [0.05, 0.1) is 11.3 Å². The highest BCUT2D eigenvalue weighted by Crippen LogP contribution is 2.26. The Morgan fingerprint density at radius 3 is 2.68 bits per heavy atom. The molecule has 0 aliphatic rings. The molecule has 0 heterocycles. The Morgan fingerprint density at radius 2 is 2.05 bits per heavy atom. The number of hydrogen-bond acceptors (Lipinski definition) is 3. The zero-order valence-electron chi connectivity index (χ0n) is 9.65. The van der Waals surface area contributed by atoms with Gasteiger partial charge < -0.3 is 16.2 Å². The van der Waals surface area contributed by atoms with Gasteiger partial charge in [0.2, 0.25) is 0 Å². The van der Waals surface area contributed by atoms with Gasteiger partial charge in [-0.25, -0.2) is 9.18 Å². The van der Waals surface area contributed by atoms with Crippen LogP contribution < -0.4 is 11.1 Å². The summed E-state index contributed by atoms with van der Waals surface area (Å²) in [4.78, 5) is 11.0. The van der Waals surface area contributed by atoms with Crippen molar-refractivity contribution in [1.29, 1.82) is 0 Å². The molecule has 0 atom stereocenters. The molecular weight excluding hydrogens is 362 g/mol. The van der Waals surface area contributed by atoms with Crippen molar-refractivity contribution in [3.63, 3.8) is 0 Å². The summed E-state index contributed by atoms with van der Waals surface area (Å²) in [6.07, 6.45) is 0. The van der Waals surface area contributed by atoms with E-state index in [-0.39, 0.29) is 16.9 Å². The van der Waals surface area contributed by atoms with Crippen molar-refractivity contribution in [1.82, 2.24) is 0 Å². The van der Waals surface area contributed by atoms with Crippen LogP contribution in [0.1, 0.15) is 10.4 Å². The molecule has 0 aliphatic carbocycles. The molecule has 6 heteroatoms. The second-order valence-electron chi connectivity index (χ2n) is 3.86. The normalized spacial score (nSPS) is 10.2. The van der Waals surface area contributed by atoms with Crippen molar-refractivity contribution in [3.05, 3.63) is 51.3 Å². The zero-order valence-corrected chi connectivity index (χ0v) is 11.8. The lowest BCUT2D eigenvalue weighted by molar-refractivity contribution is 0.0698. The molecule has 0 fully saturated rings. The highest BCUT2D eigenvalue weighted by molar-refractivity contribution is 14.1. The fourth-order valence-electron chi connectivity index (χ4n) is 1.59. The molecule has 2 aromatic rings. The summed E-state index contributed by atoms with van der Waals surface area (Å²) in [5.74, 6) is -1.79. The van der Waals surface area contributed by atoms with Crippen molar-refractivity contribution in [2.45, 2.75) is 0 Å². The number of halogens is 2. The van der Waals surface area contributed by atoms with E-state index in [1.165, 1.54) is 6.07 Å². The number of carbonyl (C=O) groups is 1. The zero-order chi connectivity index (χ0) is 14.0. The van der Waals surface area contributed by atoms with Crippen LogP contribution in [0.5, 0.6) is 0 Å². The lowest BCUT2D eigenvalue weighted by atomic mass is 10.1. The number of nitrogen functional groups attached to an aromatic ring is 1. The van der Waals surface area contributed by atoms with Crippen molar-refractivity contribution in [2.75, 3.05) is 11.1 Å². The summed E-state index contributed by atoms with van der Waals surface area (Å²) >= 11 is 2.13. The fourth-order valence-corrected chi connectivity index (χ4v) is 2.13. The molecule has 98 valence electrons. The van der Waals surface area contributed by atoms with Gasteiger partial charge in [-0.2, -0.15) is 0 Å². The van der Waals surface area contributed by atoms with Crippen LogP contribution in [0.4, 0.5) is 21.5 Å². The molecule has 0 aromatic heterocycles. The molecule has 0 bridgehead atoms. The van der Waals surface area contributed by atoms with E-state index in [0.29, 0.717) is 5.69 Å². The minimum absolute atomic E-state index is 0.0774. The van der Waals surface area contributed by atoms with Crippen LogP contribution in [0.2, 0.25) is 0 Å². The minimum Gasteiger partial charge on any atom is -0.478 e. The summed E-state index contributed by atoms with van der Waals surface area (Å²) in [6.45, 7) is 0. The Labute approximate surface area is 122 Å². The van der Waals surface area contributed by atoms with Crippen LogP contribution in [-0.2, 0) is 0 Å². The SMILES string of the molecule is Nc1cc(F)c(Nc2cccc(I)c2)cc1C(=O)O. The number of carboxylic acid groups (broad SMARTS) is 1. The largest absolute Gasteiger partial charge is 0.478 e. The van der Waals surface area contributed by atoms with Crippen molar-refractivity contribution in [3.8, 4) is 0 Å². The Morgan fingerprint density at radius 1 is 1.32 bits per heavy atom. The predicted octanol–water partition coefficient (Wildman–Crippen LogP) is 3.45. The second kappa shape index (κ2) is 5.43. The lowest BCUT2D eigenvalue weighted by Crippen LogP contribution is -2.05. The van der Waals surface area contributed by atoms with E-state index < -0.39 is 11.8 Å². The van der Waals surface area contributed by atoms with E-state index in [1.54, 1.807) is 6.07 Å². The predicted molar refractivity (Wildman–Crippen MR) is 80.2 cm³/mol. The van der Waals surface area contributed by atoms with Gasteiger partial charge in [-0.3, -0.25) is 0 Å². The van der Waals surface area contributed by atoms with Crippen LogP contribution in [0.25, 0.3) is 0 Å². The number of anilines is 3. The first kappa shape index (κ1) is 13.6. The van der Waals surface area contributed by atoms with E-state index in [0.717, 1.165) is 9.64 Å². The molecule has 0 unspecified atom stereocenters. The first-order valence-corrected chi connectivity index (χ1v) is 6.40. The third-order valence-electron chi connectivity index (χ3n) is 2.47. The minimum atomic E-state index is -1.19. The lowest BCUT2D eigenvalue weighted by Gasteiger charge is -2.10. The molecule has 2 rings (SSSR count). The number of carboxylic acids is 1. The number of nitrogens with one attached hydrogen (secondary N) is 1. The van der Waals surface area contributed by atoms with Gasteiger partial charge in [-0.1, -0.05) is 6.07 Å². The monoisotopic (exact) mass is 372 g/mol.